The van der Waals surface area contributed by atoms with Gasteiger partial charge in [-0.15, -0.1) is 0 Å². The maximum Gasteiger partial charge on any atom is 0.160 e. The van der Waals surface area contributed by atoms with Gasteiger partial charge in [-0.25, -0.2) is 23.1 Å². The van der Waals surface area contributed by atoms with Gasteiger partial charge in [-0.1, -0.05) is 12.1 Å². The Labute approximate surface area is 160 Å². The molecular weight excluding hydrogens is 367 g/mol. The van der Waals surface area contributed by atoms with Crippen molar-refractivity contribution >= 4 is 23.0 Å². The van der Waals surface area contributed by atoms with Crippen molar-refractivity contribution in [3.8, 4) is 0 Å². The number of rotatable bonds is 4. The van der Waals surface area contributed by atoms with Gasteiger partial charge in [0.05, 0.1) is 5.69 Å². The fourth-order valence-electron chi connectivity index (χ4n) is 3.19. The van der Waals surface area contributed by atoms with E-state index in [1.54, 1.807) is 18.2 Å². The molecule has 2 aromatic carbocycles. The average molecular weight is 385 g/mol. The minimum atomic E-state index is -0.927. The molecule has 0 spiro atoms. The zero-order chi connectivity index (χ0) is 19.5. The smallest absolute Gasteiger partial charge is 0.160 e. The molecule has 1 aliphatic rings. The summed E-state index contributed by atoms with van der Waals surface area (Å²) in [6, 6.07) is 12.1. The predicted molar refractivity (Wildman–Crippen MR) is 102 cm³/mol. The molecule has 0 aliphatic carbocycles. The molecule has 144 valence electrons. The number of halogens is 3. The van der Waals surface area contributed by atoms with E-state index in [4.69, 9.17) is 0 Å². The normalized spacial score (nSPS) is 14.2. The van der Waals surface area contributed by atoms with Crippen LogP contribution in [0.5, 0.6) is 0 Å². The largest absolute Gasteiger partial charge is 0.366 e. The van der Waals surface area contributed by atoms with Crippen LogP contribution in [0.1, 0.15) is 0 Å². The quantitative estimate of drug-likeness (QED) is 0.736. The third-order valence-electron chi connectivity index (χ3n) is 4.64. The van der Waals surface area contributed by atoms with Crippen LogP contribution in [0.4, 0.5) is 36.2 Å². The van der Waals surface area contributed by atoms with E-state index >= 15 is 0 Å². The first-order chi connectivity index (χ1) is 13.6. The molecule has 1 aliphatic heterocycles. The number of para-hydroxylation sites is 1. The maximum atomic E-state index is 14.0. The number of nitrogens with zero attached hydrogens (tertiary/aromatic N) is 4. The second-order valence-corrected chi connectivity index (χ2v) is 6.44. The summed E-state index contributed by atoms with van der Waals surface area (Å²) in [5, 5.41) is 2.95. The molecule has 1 aromatic heterocycles. The van der Waals surface area contributed by atoms with Crippen LogP contribution in [-0.2, 0) is 0 Å². The molecule has 1 N–H and O–H groups in total. The Bertz CT molecular complexity index is 974. The van der Waals surface area contributed by atoms with Gasteiger partial charge in [0.2, 0.25) is 0 Å². The molecule has 0 amide bonds. The molecule has 0 radical (unpaired) electrons. The number of nitrogens with one attached hydrogen (secondary N) is 1. The Hall–Kier alpha value is -3.29. The van der Waals surface area contributed by atoms with E-state index in [1.165, 1.54) is 18.5 Å². The van der Waals surface area contributed by atoms with Gasteiger partial charge in [0.15, 0.2) is 11.6 Å². The van der Waals surface area contributed by atoms with E-state index in [9.17, 15) is 13.2 Å². The van der Waals surface area contributed by atoms with Crippen molar-refractivity contribution in [1.82, 2.24) is 9.97 Å². The highest BCUT2D eigenvalue weighted by Crippen LogP contribution is 2.24. The number of piperazine rings is 1. The first-order valence-corrected chi connectivity index (χ1v) is 8.89. The molecule has 28 heavy (non-hydrogen) atoms. The Morgan fingerprint density at radius 2 is 1.50 bits per heavy atom. The average Bonchev–Trinajstić information content (AvgIpc) is 2.72. The van der Waals surface area contributed by atoms with Crippen LogP contribution in [0, 0.1) is 17.5 Å². The summed E-state index contributed by atoms with van der Waals surface area (Å²) in [5.41, 5.74) is 0.999. The van der Waals surface area contributed by atoms with E-state index in [2.05, 4.69) is 20.2 Å². The summed E-state index contributed by atoms with van der Waals surface area (Å²) in [6.45, 7) is 2.68. The van der Waals surface area contributed by atoms with E-state index in [0.717, 1.165) is 12.1 Å². The third kappa shape index (κ3) is 3.85. The number of hydrogen-bond donors (Lipinski definition) is 1. The van der Waals surface area contributed by atoms with Gasteiger partial charge in [0.25, 0.3) is 0 Å². The maximum absolute atomic E-state index is 14.0. The molecule has 1 fully saturated rings. The molecule has 1 saturated heterocycles. The van der Waals surface area contributed by atoms with Gasteiger partial charge in [0, 0.05) is 44.0 Å². The second-order valence-electron chi connectivity index (χ2n) is 6.44. The fourth-order valence-corrected chi connectivity index (χ4v) is 3.19. The molecule has 0 atom stereocenters. The highest BCUT2D eigenvalue weighted by Gasteiger charge is 2.20. The van der Waals surface area contributed by atoms with Crippen LogP contribution in [-0.4, -0.2) is 36.1 Å². The summed E-state index contributed by atoms with van der Waals surface area (Å²) in [7, 11) is 0. The van der Waals surface area contributed by atoms with E-state index in [-0.39, 0.29) is 5.82 Å². The van der Waals surface area contributed by atoms with Crippen molar-refractivity contribution in [1.29, 1.82) is 0 Å². The lowest BCUT2D eigenvalue weighted by molar-refractivity contribution is 0.509. The molecule has 8 heteroatoms. The molecule has 0 saturated carbocycles. The third-order valence-corrected chi connectivity index (χ3v) is 4.64. The monoisotopic (exact) mass is 385 g/mol. The van der Waals surface area contributed by atoms with Gasteiger partial charge in [-0.3, -0.25) is 0 Å². The van der Waals surface area contributed by atoms with Crippen LogP contribution in [0.15, 0.2) is 54.9 Å². The standard InChI is InChI=1S/C20H18F3N5/c21-15-6-5-14(11-17(15)23)26-19-12-20(25-13-24-19)28-9-7-27(8-10-28)18-4-2-1-3-16(18)22/h1-6,11-13H,7-10H2,(H,24,25,26). The molecule has 0 bridgehead atoms. The zero-order valence-corrected chi connectivity index (χ0v) is 14.9. The minimum absolute atomic E-state index is 0.226. The Balaban J connectivity index is 1.44. The van der Waals surface area contributed by atoms with Gasteiger partial charge < -0.3 is 15.1 Å². The fraction of sp³-hybridized carbons (Fsp3) is 0.200. The predicted octanol–water partition coefficient (Wildman–Crippen LogP) is 3.96. The minimum Gasteiger partial charge on any atom is -0.366 e. The lowest BCUT2D eigenvalue weighted by Gasteiger charge is -2.36. The SMILES string of the molecule is Fc1ccc(Nc2cc(N3CCN(c4ccccc4F)CC3)ncn2)cc1F. The number of hydrogen-bond acceptors (Lipinski definition) is 5. The second kappa shape index (κ2) is 7.75. The first kappa shape index (κ1) is 18.1. The lowest BCUT2D eigenvalue weighted by Crippen LogP contribution is -2.47. The van der Waals surface area contributed by atoms with Crippen molar-refractivity contribution in [3.05, 3.63) is 72.3 Å². The number of aromatic nitrogens is 2. The highest BCUT2D eigenvalue weighted by atomic mass is 19.2. The Kier molecular flexibility index (Phi) is 5.01. The highest BCUT2D eigenvalue weighted by molar-refractivity contribution is 5.60. The first-order valence-electron chi connectivity index (χ1n) is 8.89. The summed E-state index contributed by atoms with van der Waals surface area (Å²) in [4.78, 5) is 12.5. The van der Waals surface area contributed by atoms with Gasteiger partial charge in [-0.2, -0.15) is 0 Å². The van der Waals surface area contributed by atoms with Gasteiger partial charge >= 0.3 is 0 Å². The van der Waals surface area contributed by atoms with Crippen LogP contribution in [0.3, 0.4) is 0 Å². The Morgan fingerprint density at radius 1 is 0.750 bits per heavy atom. The van der Waals surface area contributed by atoms with E-state index < -0.39 is 11.6 Å². The van der Waals surface area contributed by atoms with Crippen LogP contribution in [0.2, 0.25) is 0 Å². The summed E-state index contributed by atoms with van der Waals surface area (Å²) >= 11 is 0. The van der Waals surface area contributed by atoms with Crippen molar-refractivity contribution in [3.63, 3.8) is 0 Å². The van der Waals surface area contributed by atoms with Gasteiger partial charge in [-0.05, 0) is 24.3 Å². The van der Waals surface area contributed by atoms with Crippen LogP contribution < -0.4 is 15.1 Å². The van der Waals surface area contributed by atoms with Crippen LogP contribution in [0.25, 0.3) is 0 Å². The van der Waals surface area contributed by atoms with E-state index in [1.807, 2.05) is 11.0 Å². The lowest BCUT2D eigenvalue weighted by atomic mass is 10.2. The van der Waals surface area contributed by atoms with Crippen molar-refractivity contribution in [2.45, 2.75) is 0 Å². The Morgan fingerprint density at radius 3 is 2.25 bits per heavy atom. The summed E-state index contributed by atoms with van der Waals surface area (Å²) in [5.74, 6) is -0.859. The van der Waals surface area contributed by atoms with Crippen LogP contribution >= 0.6 is 0 Å². The topological polar surface area (TPSA) is 44.3 Å². The molecule has 3 aromatic rings. The molecule has 5 nitrogen and oxygen atoms in total. The summed E-state index contributed by atoms with van der Waals surface area (Å²) in [6.07, 6.45) is 1.42. The summed E-state index contributed by atoms with van der Waals surface area (Å²) < 4.78 is 40.4. The van der Waals surface area contributed by atoms with Crippen molar-refractivity contribution < 1.29 is 13.2 Å². The zero-order valence-electron chi connectivity index (χ0n) is 14.9. The molecule has 0 unspecified atom stereocenters. The molecular formula is C20H18F3N5. The van der Waals surface area contributed by atoms with Gasteiger partial charge in [0.1, 0.15) is 23.8 Å². The van der Waals surface area contributed by atoms with Crippen molar-refractivity contribution in [2.24, 2.45) is 0 Å². The molecule has 4 rings (SSSR count). The molecule has 2 heterocycles. The number of benzene rings is 2. The van der Waals surface area contributed by atoms with Crippen molar-refractivity contribution in [2.75, 3.05) is 41.3 Å². The number of anilines is 4. The van der Waals surface area contributed by atoms with E-state index in [0.29, 0.717) is 49.2 Å².